The van der Waals surface area contributed by atoms with Crippen molar-refractivity contribution in [2.24, 2.45) is 5.92 Å². The van der Waals surface area contributed by atoms with E-state index in [0.29, 0.717) is 31.3 Å². The second-order valence-electron chi connectivity index (χ2n) is 5.30. The Balaban J connectivity index is 2.21. The van der Waals surface area contributed by atoms with Gasteiger partial charge in [0.15, 0.2) is 0 Å². The first-order valence-corrected chi connectivity index (χ1v) is 8.81. The molecule has 2 N–H and O–H groups in total. The van der Waals surface area contributed by atoms with Crippen LogP contribution in [0.3, 0.4) is 0 Å². The Bertz CT molecular complexity index is 598. The summed E-state index contributed by atoms with van der Waals surface area (Å²) in [6.07, 6.45) is 0.891. The van der Waals surface area contributed by atoms with Gasteiger partial charge in [-0.1, -0.05) is 11.6 Å². The minimum atomic E-state index is -3.56. The summed E-state index contributed by atoms with van der Waals surface area (Å²) < 4.78 is 32.9. The van der Waals surface area contributed by atoms with Crippen molar-refractivity contribution >= 4 is 21.6 Å². The van der Waals surface area contributed by atoms with Gasteiger partial charge < -0.3 is 10.1 Å². The zero-order valence-corrected chi connectivity index (χ0v) is 13.9. The van der Waals surface area contributed by atoms with Crippen molar-refractivity contribution in [3.8, 4) is 0 Å². The molecule has 0 aliphatic carbocycles. The topological polar surface area (TPSA) is 67.4 Å². The van der Waals surface area contributed by atoms with E-state index in [2.05, 4.69) is 10.0 Å². The lowest BCUT2D eigenvalue weighted by molar-refractivity contribution is 0.186. The van der Waals surface area contributed by atoms with Crippen molar-refractivity contribution in [3.63, 3.8) is 0 Å². The highest BCUT2D eigenvalue weighted by Gasteiger charge is 2.22. The molecular weight excluding hydrogens is 312 g/mol. The highest BCUT2D eigenvalue weighted by atomic mass is 35.5. The Morgan fingerprint density at radius 2 is 2.19 bits per heavy atom. The van der Waals surface area contributed by atoms with Gasteiger partial charge in [-0.25, -0.2) is 13.1 Å². The molecule has 0 radical (unpaired) electrons. The summed E-state index contributed by atoms with van der Waals surface area (Å²) in [6.45, 7) is 4.09. The fourth-order valence-electron chi connectivity index (χ4n) is 2.41. The van der Waals surface area contributed by atoms with Gasteiger partial charge in [-0.2, -0.15) is 0 Å². The fourth-order valence-corrected chi connectivity index (χ4v) is 4.14. The van der Waals surface area contributed by atoms with Crippen LogP contribution in [0.15, 0.2) is 17.0 Å². The molecule has 0 amide bonds. The standard InChI is InChI=1S/C14H21ClN2O3S/c1-10-12(8-16-2)5-13(15)6-14(10)21(18,19)17-7-11-3-4-20-9-11/h5-6,11,16-17H,3-4,7-9H2,1-2H3. The first kappa shape index (κ1) is 16.7. The van der Waals surface area contributed by atoms with Gasteiger partial charge in [-0.15, -0.1) is 0 Å². The highest BCUT2D eigenvalue weighted by Crippen LogP contribution is 2.24. The highest BCUT2D eigenvalue weighted by molar-refractivity contribution is 7.89. The summed E-state index contributed by atoms with van der Waals surface area (Å²) in [4.78, 5) is 0.249. The summed E-state index contributed by atoms with van der Waals surface area (Å²) >= 11 is 6.05. The fraction of sp³-hybridized carbons (Fsp3) is 0.571. The molecule has 5 nitrogen and oxygen atoms in total. The largest absolute Gasteiger partial charge is 0.381 e. The Morgan fingerprint density at radius 1 is 1.43 bits per heavy atom. The molecule has 0 aromatic heterocycles. The lowest BCUT2D eigenvalue weighted by Gasteiger charge is -2.15. The van der Waals surface area contributed by atoms with Gasteiger partial charge in [-0.05, 0) is 49.6 Å². The molecule has 21 heavy (non-hydrogen) atoms. The average molecular weight is 333 g/mol. The molecule has 1 aromatic carbocycles. The van der Waals surface area contributed by atoms with Crippen LogP contribution in [0.2, 0.25) is 5.02 Å². The van der Waals surface area contributed by atoms with Crippen molar-refractivity contribution in [2.75, 3.05) is 26.8 Å². The summed E-state index contributed by atoms with van der Waals surface area (Å²) in [5.41, 5.74) is 1.61. The maximum absolute atomic E-state index is 12.5. The van der Waals surface area contributed by atoms with Crippen molar-refractivity contribution in [1.29, 1.82) is 0 Å². The second kappa shape index (κ2) is 7.07. The van der Waals surface area contributed by atoms with Crippen molar-refractivity contribution in [2.45, 2.75) is 24.8 Å². The third kappa shape index (κ3) is 4.17. The first-order valence-electron chi connectivity index (χ1n) is 6.95. The molecule has 0 bridgehead atoms. The molecule has 1 saturated heterocycles. The lowest BCUT2D eigenvalue weighted by Crippen LogP contribution is -2.30. The van der Waals surface area contributed by atoms with Gasteiger partial charge in [0.05, 0.1) is 11.5 Å². The zero-order valence-electron chi connectivity index (χ0n) is 12.3. The predicted octanol–water partition coefficient (Wildman–Crippen LogP) is 1.68. The second-order valence-corrected chi connectivity index (χ2v) is 7.47. The smallest absolute Gasteiger partial charge is 0.240 e. The minimum Gasteiger partial charge on any atom is -0.381 e. The number of nitrogens with one attached hydrogen (secondary N) is 2. The SMILES string of the molecule is CNCc1cc(Cl)cc(S(=O)(=O)NCC2CCOC2)c1C. The molecule has 1 fully saturated rings. The van der Waals surface area contributed by atoms with Crippen molar-refractivity contribution in [1.82, 2.24) is 10.0 Å². The van der Waals surface area contributed by atoms with Crippen LogP contribution in [-0.4, -0.2) is 35.2 Å². The lowest BCUT2D eigenvalue weighted by atomic mass is 10.1. The first-order chi connectivity index (χ1) is 9.94. The third-order valence-corrected chi connectivity index (χ3v) is 5.44. The average Bonchev–Trinajstić information content (AvgIpc) is 2.94. The summed E-state index contributed by atoms with van der Waals surface area (Å²) in [7, 11) is -1.75. The number of halogens is 1. The summed E-state index contributed by atoms with van der Waals surface area (Å²) in [5, 5.41) is 3.44. The van der Waals surface area contributed by atoms with Crippen LogP contribution in [0.1, 0.15) is 17.5 Å². The van der Waals surface area contributed by atoms with Gasteiger partial charge in [0.1, 0.15) is 0 Å². The maximum atomic E-state index is 12.5. The molecule has 7 heteroatoms. The Labute approximate surface area is 131 Å². The molecule has 1 aliphatic heterocycles. The predicted molar refractivity (Wildman–Crippen MR) is 83.1 cm³/mol. The zero-order chi connectivity index (χ0) is 15.5. The normalized spacial score (nSPS) is 19.1. The minimum absolute atomic E-state index is 0.246. The molecule has 118 valence electrons. The Morgan fingerprint density at radius 3 is 2.81 bits per heavy atom. The Kier molecular flexibility index (Phi) is 5.62. The van der Waals surface area contributed by atoms with E-state index in [1.807, 2.05) is 7.05 Å². The van der Waals surface area contributed by atoms with Crippen LogP contribution >= 0.6 is 11.6 Å². The van der Waals surface area contributed by atoms with Gasteiger partial charge in [0.2, 0.25) is 10.0 Å². The molecule has 0 spiro atoms. The number of benzene rings is 1. The number of hydrogen-bond acceptors (Lipinski definition) is 4. The number of ether oxygens (including phenoxy) is 1. The van der Waals surface area contributed by atoms with Crippen LogP contribution in [0.5, 0.6) is 0 Å². The molecule has 1 aliphatic rings. The van der Waals surface area contributed by atoms with Gasteiger partial charge in [0.25, 0.3) is 0 Å². The van der Waals surface area contributed by atoms with Gasteiger partial charge >= 0.3 is 0 Å². The maximum Gasteiger partial charge on any atom is 0.240 e. The molecule has 1 aromatic rings. The van der Waals surface area contributed by atoms with Crippen LogP contribution in [0, 0.1) is 12.8 Å². The van der Waals surface area contributed by atoms with E-state index < -0.39 is 10.0 Å². The number of hydrogen-bond donors (Lipinski definition) is 2. The quantitative estimate of drug-likeness (QED) is 0.831. The van der Waals surface area contributed by atoms with E-state index in [-0.39, 0.29) is 10.8 Å². The van der Waals surface area contributed by atoms with Crippen molar-refractivity contribution in [3.05, 3.63) is 28.3 Å². The monoisotopic (exact) mass is 332 g/mol. The van der Waals surface area contributed by atoms with Gasteiger partial charge in [-0.3, -0.25) is 0 Å². The third-order valence-electron chi connectivity index (χ3n) is 3.68. The van der Waals surface area contributed by atoms with E-state index >= 15 is 0 Å². The number of sulfonamides is 1. The molecular formula is C14H21ClN2O3S. The van der Waals surface area contributed by atoms with E-state index in [4.69, 9.17) is 16.3 Å². The Hall–Kier alpha value is -0.660. The molecule has 0 saturated carbocycles. The van der Waals surface area contributed by atoms with E-state index in [9.17, 15) is 8.42 Å². The molecule has 1 unspecified atom stereocenters. The van der Waals surface area contributed by atoms with Crippen LogP contribution in [-0.2, 0) is 21.3 Å². The molecule has 1 heterocycles. The van der Waals surface area contributed by atoms with E-state index in [1.165, 1.54) is 6.07 Å². The van der Waals surface area contributed by atoms with E-state index in [0.717, 1.165) is 17.5 Å². The van der Waals surface area contributed by atoms with Gasteiger partial charge in [0, 0.05) is 24.7 Å². The molecule has 1 atom stereocenters. The van der Waals surface area contributed by atoms with Crippen LogP contribution in [0.25, 0.3) is 0 Å². The van der Waals surface area contributed by atoms with Crippen molar-refractivity contribution < 1.29 is 13.2 Å². The molecule has 2 rings (SSSR count). The summed E-state index contributed by atoms with van der Waals surface area (Å²) in [6, 6.07) is 3.29. The number of rotatable bonds is 6. The van der Waals surface area contributed by atoms with Crippen LogP contribution in [0.4, 0.5) is 0 Å². The van der Waals surface area contributed by atoms with E-state index in [1.54, 1.807) is 13.0 Å². The summed E-state index contributed by atoms with van der Waals surface area (Å²) in [5.74, 6) is 0.246. The van der Waals surface area contributed by atoms with Crippen LogP contribution < -0.4 is 10.0 Å².